The minimum absolute atomic E-state index is 0.114. The molecule has 11 heteroatoms. The topological polar surface area (TPSA) is 102 Å². The number of carbonyl (C=O) groups is 2. The van der Waals surface area contributed by atoms with Crippen molar-refractivity contribution in [2.75, 3.05) is 57.9 Å². The van der Waals surface area contributed by atoms with Crippen LogP contribution in [-0.2, 0) is 20.7 Å². The molecule has 1 aromatic heterocycles. The Balaban J connectivity index is 1.32. The van der Waals surface area contributed by atoms with Crippen LogP contribution in [0, 0.1) is 0 Å². The molecule has 0 aliphatic carbocycles. The largest absolute Gasteiger partial charge is 0.494 e. The molecule has 2 aromatic carbocycles. The quantitative estimate of drug-likeness (QED) is 0.206. The lowest BCUT2D eigenvalue weighted by Crippen LogP contribution is -2.44. The maximum atomic E-state index is 13.1. The van der Waals surface area contributed by atoms with Crippen LogP contribution in [0.5, 0.6) is 5.75 Å². The Morgan fingerprint density at radius 1 is 0.976 bits per heavy atom. The van der Waals surface area contributed by atoms with Crippen molar-refractivity contribution in [3.8, 4) is 5.75 Å². The van der Waals surface area contributed by atoms with Gasteiger partial charge in [-0.3, -0.25) is 9.69 Å². The molecule has 1 aliphatic rings. The van der Waals surface area contributed by atoms with E-state index in [2.05, 4.69) is 20.5 Å². The molecule has 1 aliphatic heterocycles. The first-order valence-corrected chi connectivity index (χ1v) is 14.3. The summed E-state index contributed by atoms with van der Waals surface area (Å²) in [7, 11) is 0. The van der Waals surface area contributed by atoms with E-state index in [1.165, 1.54) is 0 Å². The average molecular weight is 602 g/mol. The third-order valence-electron chi connectivity index (χ3n) is 6.46. The van der Waals surface area contributed by atoms with Gasteiger partial charge in [0.1, 0.15) is 24.2 Å². The highest BCUT2D eigenvalue weighted by molar-refractivity contribution is 6.39. The number of anilines is 1. The van der Waals surface area contributed by atoms with Gasteiger partial charge >= 0.3 is 5.97 Å². The summed E-state index contributed by atoms with van der Waals surface area (Å²) in [5.74, 6) is 0.462. The summed E-state index contributed by atoms with van der Waals surface area (Å²) < 4.78 is 16.8. The monoisotopic (exact) mass is 600 g/mol. The van der Waals surface area contributed by atoms with Gasteiger partial charge in [0.05, 0.1) is 35.4 Å². The summed E-state index contributed by atoms with van der Waals surface area (Å²) in [5.41, 5.74) is 0.943. The van der Waals surface area contributed by atoms with Gasteiger partial charge in [-0.2, -0.15) is 0 Å². The molecule has 1 fully saturated rings. The number of hydrogen-bond acceptors (Lipinski definition) is 8. The SMILES string of the molecule is O=C(N[C@@H](Cc1ccc(OCCCNc2ccccn2)cc1)C(=O)OCCN1CCOCC1)c1c(Cl)cccc1Cl. The highest BCUT2D eigenvalue weighted by Crippen LogP contribution is 2.24. The first-order valence-electron chi connectivity index (χ1n) is 13.6. The molecule has 41 heavy (non-hydrogen) atoms. The molecule has 4 rings (SSSR count). The van der Waals surface area contributed by atoms with Crippen molar-refractivity contribution in [1.29, 1.82) is 0 Å². The fourth-order valence-electron chi connectivity index (χ4n) is 4.24. The van der Waals surface area contributed by atoms with Crippen LogP contribution in [0.2, 0.25) is 10.0 Å². The van der Waals surface area contributed by atoms with Gasteiger partial charge < -0.3 is 24.8 Å². The van der Waals surface area contributed by atoms with Crippen LogP contribution in [-0.4, -0.2) is 80.4 Å². The van der Waals surface area contributed by atoms with Crippen molar-refractivity contribution >= 4 is 40.9 Å². The molecule has 218 valence electrons. The number of nitrogens with zero attached hydrogens (tertiary/aromatic N) is 2. The fraction of sp³-hybridized carbons (Fsp3) is 0.367. The number of amides is 1. The Kier molecular flexibility index (Phi) is 12.1. The zero-order valence-electron chi connectivity index (χ0n) is 22.7. The normalized spacial score (nSPS) is 14.2. The number of halogens is 2. The van der Waals surface area contributed by atoms with Gasteiger partial charge in [0.15, 0.2) is 0 Å². The number of aromatic nitrogens is 1. The zero-order valence-corrected chi connectivity index (χ0v) is 24.2. The summed E-state index contributed by atoms with van der Waals surface area (Å²) in [5, 5.41) is 6.41. The van der Waals surface area contributed by atoms with Gasteiger partial charge in [-0.15, -0.1) is 0 Å². The number of rotatable bonds is 14. The first kappa shape index (κ1) is 30.6. The van der Waals surface area contributed by atoms with E-state index < -0.39 is 17.9 Å². The van der Waals surface area contributed by atoms with Crippen molar-refractivity contribution in [2.45, 2.75) is 18.9 Å². The van der Waals surface area contributed by atoms with Crippen molar-refractivity contribution in [2.24, 2.45) is 0 Å². The fourth-order valence-corrected chi connectivity index (χ4v) is 4.81. The highest BCUT2D eigenvalue weighted by atomic mass is 35.5. The molecule has 1 atom stereocenters. The van der Waals surface area contributed by atoms with Crippen LogP contribution in [0.25, 0.3) is 0 Å². The molecule has 0 radical (unpaired) electrons. The number of carbonyl (C=O) groups excluding carboxylic acids is 2. The number of hydrogen-bond donors (Lipinski definition) is 2. The van der Waals surface area contributed by atoms with Crippen LogP contribution in [0.1, 0.15) is 22.3 Å². The number of pyridine rings is 1. The number of morpholine rings is 1. The van der Waals surface area contributed by atoms with Gasteiger partial charge in [0.25, 0.3) is 5.91 Å². The Labute approximate surface area is 250 Å². The maximum Gasteiger partial charge on any atom is 0.329 e. The standard InChI is InChI=1S/C30H34Cl2N4O5/c31-24-5-3-6-25(32)28(24)29(37)35-26(30(38)41-20-16-36-14-18-39-19-15-36)21-22-8-10-23(11-9-22)40-17-4-13-34-27-7-1-2-12-33-27/h1-3,5-12,26H,4,13-21H2,(H,33,34)(H,35,37)/t26-/m0/s1. The number of esters is 1. The number of ether oxygens (including phenoxy) is 3. The van der Waals surface area contributed by atoms with Crippen LogP contribution >= 0.6 is 23.2 Å². The second-order valence-electron chi connectivity index (χ2n) is 9.44. The Morgan fingerprint density at radius 2 is 1.73 bits per heavy atom. The number of nitrogens with one attached hydrogen (secondary N) is 2. The minimum atomic E-state index is -0.941. The van der Waals surface area contributed by atoms with Crippen molar-refractivity contribution < 1.29 is 23.8 Å². The van der Waals surface area contributed by atoms with Crippen molar-refractivity contribution in [1.82, 2.24) is 15.2 Å². The zero-order chi connectivity index (χ0) is 28.9. The summed E-state index contributed by atoms with van der Waals surface area (Å²) in [6.45, 7) is 4.97. The number of benzene rings is 2. The van der Waals surface area contributed by atoms with Crippen LogP contribution < -0.4 is 15.4 Å². The van der Waals surface area contributed by atoms with E-state index in [0.717, 1.165) is 37.4 Å². The van der Waals surface area contributed by atoms with Crippen molar-refractivity contribution in [3.05, 3.63) is 88.0 Å². The maximum absolute atomic E-state index is 13.1. The van der Waals surface area contributed by atoms with Gasteiger partial charge in [0, 0.05) is 38.8 Å². The summed E-state index contributed by atoms with van der Waals surface area (Å²) in [6.07, 6.45) is 2.76. The molecular weight excluding hydrogens is 567 g/mol. The predicted octanol–water partition coefficient (Wildman–Crippen LogP) is 4.49. The van der Waals surface area contributed by atoms with E-state index >= 15 is 0 Å². The molecule has 3 aromatic rings. The second kappa shape index (κ2) is 16.2. The molecule has 0 spiro atoms. The van der Waals surface area contributed by atoms with E-state index in [4.69, 9.17) is 37.4 Å². The van der Waals surface area contributed by atoms with Gasteiger partial charge in [-0.1, -0.05) is 47.5 Å². The van der Waals surface area contributed by atoms with Gasteiger partial charge in [0.2, 0.25) is 0 Å². The molecule has 2 N–H and O–H groups in total. The first-order chi connectivity index (χ1) is 20.0. The molecule has 1 saturated heterocycles. The predicted molar refractivity (Wildman–Crippen MR) is 159 cm³/mol. The summed E-state index contributed by atoms with van der Waals surface area (Å²) in [6, 6.07) is 17.0. The molecule has 1 amide bonds. The molecule has 0 saturated carbocycles. The third-order valence-corrected chi connectivity index (χ3v) is 7.09. The average Bonchev–Trinajstić information content (AvgIpc) is 2.98. The van der Waals surface area contributed by atoms with Crippen LogP contribution in [0.15, 0.2) is 66.9 Å². The van der Waals surface area contributed by atoms with Gasteiger partial charge in [-0.25, -0.2) is 9.78 Å². The summed E-state index contributed by atoms with van der Waals surface area (Å²) in [4.78, 5) is 32.6. The van der Waals surface area contributed by atoms with Crippen LogP contribution in [0.4, 0.5) is 5.82 Å². The van der Waals surface area contributed by atoms with E-state index in [9.17, 15) is 9.59 Å². The van der Waals surface area contributed by atoms with E-state index in [1.54, 1.807) is 24.4 Å². The minimum Gasteiger partial charge on any atom is -0.494 e. The van der Waals surface area contributed by atoms with E-state index in [-0.39, 0.29) is 28.6 Å². The van der Waals surface area contributed by atoms with E-state index in [0.29, 0.717) is 32.1 Å². The third kappa shape index (κ3) is 9.89. The van der Waals surface area contributed by atoms with Crippen molar-refractivity contribution in [3.63, 3.8) is 0 Å². The summed E-state index contributed by atoms with van der Waals surface area (Å²) >= 11 is 12.5. The lowest BCUT2D eigenvalue weighted by Gasteiger charge is -2.26. The Bertz CT molecular complexity index is 1240. The lowest BCUT2D eigenvalue weighted by molar-refractivity contribution is -0.146. The second-order valence-corrected chi connectivity index (χ2v) is 10.3. The molecular formula is C30H34Cl2N4O5. The molecule has 2 heterocycles. The lowest BCUT2D eigenvalue weighted by atomic mass is 10.0. The van der Waals surface area contributed by atoms with Crippen LogP contribution in [0.3, 0.4) is 0 Å². The smallest absolute Gasteiger partial charge is 0.329 e. The Morgan fingerprint density at radius 3 is 2.44 bits per heavy atom. The highest BCUT2D eigenvalue weighted by Gasteiger charge is 2.26. The molecule has 0 bridgehead atoms. The van der Waals surface area contributed by atoms with E-state index in [1.807, 2.05) is 42.5 Å². The molecule has 9 nitrogen and oxygen atoms in total. The molecule has 0 unspecified atom stereocenters. The van der Waals surface area contributed by atoms with Gasteiger partial charge in [-0.05, 0) is 48.4 Å². The Hall–Kier alpha value is -3.37.